The molecule has 5 nitrogen and oxygen atoms in total. The molecule has 2 aromatic heterocycles. The van der Waals surface area contributed by atoms with Crippen molar-refractivity contribution in [1.82, 2.24) is 9.97 Å². The van der Waals surface area contributed by atoms with Gasteiger partial charge in [0.15, 0.2) is 0 Å². The van der Waals surface area contributed by atoms with Crippen LogP contribution < -0.4 is 10.6 Å². The largest absolute Gasteiger partial charge is 0.387 e. The Morgan fingerprint density at radius 2 is 2.06 bits per heavy atom. The molecule has 2 aromatic rings. The van der Waals surface area contributed by atoms with Crippen molar-refractivity contribution in [3.05, 3.63) is 47.9 Å². The summed E-state index contributed by atoms with van der Waals surface area (Å²) in [6.45, 7) is 1.89. The van der Waals surface area contributed by atoms with Gasteiger partial charge in [-0.25, -0.2) is 9.97 Å². The summed E-state index contributed by atoms with van der Waals surface area (Å²) in [6.07, 6.45) is 3.25. The molecule has 2 rings (SSSR count). The Bertz CT molecular complexity index is 551. The van der Waals surface area contributed by atoms with Crippen molar-refractivity contribution >= 4 is 17.4 Å². The number of nitrogens with zero attached hydrogens (tertiary/aromatic N) is 2. The monoisotopic (exact) mass is 242 g/mol. The number of hydrogen-bond donors (Lipinski definition) is 2. The third kappa shape index (κ3) is 2.63. The van der Waals surface area contributed by atoms with E-state index in [-0.39, 0.29) is 5.91 Å². The van der Waals surface area contributed by atoms with E-state index in [1.807, 2.05) is 19.1 Å². The van der Waals surface area contributed by atoms with Gasteiger partial charge in [0.1, 0.15) is 11.5 Å². The zero-order valence-electron chi connectivity index (χ0n) is 10.3. The van der Waals surface area contributed by atoms with Crippen molar-refractivity contribution in [2.75, 3.05) is 17.7 Å². The Balaban J connectivity index is 2.14. The van der Waals surface area contributed by atoms with Crippen molar-refractivity contribution in [3.63, 3.8) is 0 Å². The topological polar surface area (TPSA) is 66.9 Å². The van der Waals surface area contributed by atoms with Crippen molar-refractivity contribution < 1.29 is 4.79 Å². The van der Waals surface area contributed by atoms with E-state index in [2.05, 4.69) is 20.6 Å². The average Bonchev–Trinajstić information content (AvgIpc) is 2.41. The van der Waals surface area contributed by atoms with E-state index < -0.39 is 0 Å². The van der Waals surface area contributed by atoms with Crippen LogP contribution >= 0.6 is 0 Å². The molecule has 0 bridgehead atoms. The van der Waals surface area contributed by atoms with Crippen molar-refractivity contribution in [2.45, 2.75) is 6.92 Å². The zero-order chi connectivity index (χ0) is 13.0. The highest BCUT2D eigenvalue weighted by molar-refractivity contribution is 6.02. The maximum atomic E-state index is 11.9. The third-order valence-electron chi connectivity index (χ3n) is 2.53. The molecule has 0 aliphatic heterocycles. The molecule has 0 saturated carbocycles. The van der Waals surface area contributed by atoms with Gasteiger partial charge >= 0.3 is 0 Å². The summed E-state index contributed by atoms with van der Waals surface area (Å²) in [5, 5.41) is 5.68. The van der Waals surface area contributed by atoms with Gasteiger partial charge in [-0.3, -0.25) is 4.79 Å². The molecular formula is C13H14N4O. The van der Waals surface area contributed by atoms with Crippen LogP contribution in [0.25, 0.3) is 0 Å². The number of aromatic nitrogens is 2. The Morgan fingerprint density at radius 1 is 1.22 bits per heavy atom. The standard InChI is InChI=1S/C13H14N4O/c1-9-4-3-7-15-12(9)17-13(18)11-6-5-10(14-2)8-16-11/h3-8,14H,1-2H3,(H,15,17,18). The summed E-state index contributed by atoms with van der Waals surface area (Å²) in [6, 6.07) is 7.18. The number of aryl methyl sites for hydroxylation is 1. The molecule has 2 heterocycles. The van der Waals surface area contributed by atoms with Crippen LogP contribution in [0.5, 0.6) is 0 Å². The van der Waals surface area contributed by atoms with Gasteiger partial charge in [-0.05, 0) is 30.7 Å². The summed E-state index contributed by atoms with van der Waals surface area (Å²) in [4.78, 5) is 20.1. The van der Waals surface area contributed by atoms with E-state index in [9.17, 15) is 4.79 Å². The normalized spacial score (nSPS) is 9.89. The lowest BCUT2D eigenvalue weighted by atomic mass is 10.2. The maximum absolute atomic E-state index is 11.9. The Kier molecular flexibility index (Phi) is 3.52. The predicted molar refractivity (Wildman–Crippen MR) is 70.7 cm³/mol. The molecule has 2 N–H and O–H groups in total. The van der Waals surface area contributed by atoms with E-state index in [1.54, 1.807) is 31.6 Å². The van der Waals surface area contributed by atoms with Gasteiger partial charge in [0.2, 0.25) is 0 Å². The smallest absolute Gasteiger partial charge is 0.275 e. The SMILES string of the molecule is CNc1ccc(C(=O)Nc2ncccc2C)nc1. The maximum Gasteiger partial charge on any atom is 0.275 e. The van der Waals surface area contributed by atoms with Gasteiger partial charge in [0.25, 0.3) is 5.91 Å². The number of anilines is 2. The molecular weight excluding hydrogens is 228 g/mol. The van der Waals surface area contributed by atoms with Crippen LogP contribution in [-0.4, -0.2) is 22.9 Å². The number of carbonyl (C=O) groups is 1. The summed E-state index contributed by atoms with van der Waals surface area (Å²) in [5.41, 5.74) is 2.14. The molecule has 0 spiro atoms. The molecule has 0 aliphatic rings. The predicted octanol–water partition coefficient (Wildman–Crippen LogP) is 2.08. The highest BCUT2D eigenvalue weighted by atomic mass is 16.1. The fourth-order valence-electron chi connectivity index (χ4n) is 1.46. The molecule has 0 unspecified atom stereocenters. The second-order valence-electron chi connectivity index (χ2n) is 3.81. The van der Waals surface area contributed by atoms with Gasteiger partial charge < -0.3 is 10.6 Å². The number of pyridine rings is 2. The Labute approximate surface area is 105 Å². The van der Waals surface area contributed by atoms with E-state index in [0.29, 0.717) is 11.5 Å². The van der Waals surface area contributed by atoms with Gasteiger partial charge in [0, 0.05) is 13.2 Å². The minimum Gasteiger partial charge on any atom is -0.387 e. The number of nitrogens with one attached hydrogen (secondary N) is 2. The number of amides is 1. The molecule has 0 fully saturated rings. The lowest BCUT2D eigenvalue weighted by molar-refractivity contribution is 0.102. The van der Waals surface area contributed by atoms with Crippen molar-refractivity contribution in [1.29, 1.82) is 0 Å². The first-order chi connectivity index (χ1) is 8.70. The van der Waals surface area contributed by atoms with Crippen LogP contribution in [0, 0.1) is 6.92 Å². The average molecular weight is 242 g/mol. The van der Waals surface area contributed by atoms with E-state index in [1.165, 1.54) is 0 Å². The molecule has 18 heavy (non-hydrogen) atoms. The second-order valence-corrected chi connectivity index (χ2v) is 3.81. The molecule has 5 heteroatoms. The molecule has 1 amide bonds. The third-order valence-corrected chi connectivity index (χ3v) is 2.53. The fraction of sp³-hybridized carbons (Fsp3) is 0.154. The van der Waals surface area contributed by atoms with Crippen LogP contribution in [-0.2, 0) is 0 Å². The summed E-state index contributed by atoms with van der Waals surface area (Å²) in [7, 11) is 1.80. The first kappa shape index (κ1) is 12.0. The first-order valence-electron chi connectivity index (χ1n) is 5.57. The quantitative estimate of drug-likeness (QED) is 0.864. The Morgan fingerprint density at radius 3 is 2.67 bits per heavy atom. The van der Waals surface area contributed by atoms with E-state index in [0.717, 1.165) is 11.3 Å². The van der Waals surface area contributed by atoms with Crippen LogP contribution in [0.3, 0.4) is 0 Å². The van der Waals surface area contributed by atoms with Gasteiger partial charge in [-0.1, -0.05) is 6.07 Å². The van der Waals surface area contributed by atoms with Crippen LogP contribution in [0.2, 0.25) is 0 Å². The van der Waals surface area contributed by atoms with Crippen molar-refractivity contribution in [2.24, 2.45) is 0 Å². The van der Waals surface area contributed by atoms with Gasteiger partial charge in [-0.15, -0.1) is 0 Å². The molecule has 0 aliphatic carbocycles. The molecule has 0 aromatic carbocycles. The minimum atomic E-state index is -0.264. The lowest BCUT2D eigenvalue weighted by Gasteiger charge is -2.06. The van der Waals surface area contributed by atoms with Crippen LogP contribution in [0.15, 0.2) is 36.7 Å². The minimum absolute atomic E-state index is 0.264. The molecule has 0 radical (unpaired) electrons. The summed E-state index contributed by atoms with van der Waals surface area (Å²) >= 11 is 0. The van der Waals surface area contributed by atoms with Crippen LogP contribution in [0.4, 0.5) is 11.5 Å². The van der Waals surface area contributed by atoms with Gasteiger partial charge in [-0.2, -0.15) is 0 Å². The zero-order valence-corrected chi connectivity index (χ0v) is 10.3. The summed E-state index contributed by atoms with van der Waals surface area (Å²) in [5.74, 6) is 0.293. The molecule has 0 saturated heterocycles. The Hall–Kier alpha value is -2.43. The highest BCUT2D eigenvalue weighted by Crippen LogP contribution is 2.11. The van der Waals surface area contributed by atoms with E-state index in [4.69, 9.17) is 0 Å². The summed E-state index contributed by atoms with van der Waals surface area (Å²) < 4.78 is 0. The van der Waals surface area contributed by atoms with Gasteiger partial charge in [0.05, 0.1) is 11.9 Å². The number of rotatable bonds is 3. The first-order valence-corrected chi connectivity index (χ1v) is 5.57. The highest BCUT2D eigenvalue weighted by Gasteiger charge is 2.09. The lowest BCUT2D eigenvalue weighted by Crippen LogP contribution is -2.15. The molecule has 0 atom stereocenters. The molecule has 92 valence electrons. The number of carbonyl (C=O) groups excluding carboxylic acids is 1. The van der Waals surface area contributed by atoms with Crippen LogP contribution in [0.1, 0.15) is 16.1 Å². The fourth-order valence-corrected chi connectivity index (χ4v) is 1.46. The van der Waals surface area contributed by atoms with Crippen molar-refractivity contribution in [3.8, 4) is 0 Å². The second kappa shape index (κ2) is 5.27. The number of hydrogen-bond acceptors (Lipinski definition) is 4. The van der Waals surface area contributed by atoms with E-state index >= 15 is 0 Å².